The van der Waals surface area contributed by atoms with Crippen molar-refractivity contribution in [2.45, 2.75) is 20.0 Å². The molecule has 0 unspecified atom stereocenters. The molecule has 0 fully saturated rings. The largest absolute Gasteiger partial charge is 0.489 e. The van der Waals surface area contributed by atoms with Gasteiger partial charge >= 0.3 is 0 Å². The van der Waals surface area contributed by atoms with Crippen LogP contribution in [-0.2, 0) is 9.59 Å². The number of likely N-dealkylation sites (N-methyl/N-ethyl adjacent to an activating group) is 1. The molecule has 3 aromatic carbocycles. The third kappa shape index (κ3) is 4.13. The molecule has 1 aliphatic rings. The Bertz CT molecular complexity index is 1280. The van der Waals surface area contributed by atoms with Gasteiger partial charge in [0.25, 0.3) is 17.5 Å². The van der Waals surface area contributed by atoms with Crippen molar-refractivity contribution in [1.82, 2.24) is 0 Å². The number of carbonyl (C=O) groups excluding carboxylic acids is 2. The number of non-ortho nitro benzene ring substituents is 1. The van der Waals surface area contributed by atoms with Gasteiger partial charge in [0, 0.05) is 24.9 Å². The Hall–Kier alpha value is -4.46. The number of anilines is 2. The van der Waals surface area contributed by atoms with E-state index in [1.807, 2.05) is 44.2 Å². The number of rotatable bonds is 7. The number of imide groups is 1. The van der Waals surface area contributed by atoms with E-state index in [1.165, 1.54) is 24.3 Å². The van der Waals surface area contributed by atoms with Crippen molar-refractivity contribution < 1.29 is 19.2 Å². The number of ether oxygens (including phenoxy) is 1. The van der Waals surface area contributed by atoms with Crippen LogP contribution in [0.5, 0.6) is 5.75 Å². The second kappa shape index (κ2) is 9.19. The Labute approximate surface area is 196 Å². The van der Waals surface area contributed by atoms with E-state index >= 15 is 0 Å². The summed E-state index contributed by atoms with van der Waals surface area (Å²) in [6.45, 7) is 3.72. The fourth-order valence-electron chi connectivity index (χ4n) is 3.83. The van der Waals surface area contributed by atoms with Crippen LogP contribution in [0.1, 0.15) is 19.4 Å². The second-order valence-electron chi connectivity index (χ2n) is 8.00. The van der Waals surface area contributed by atoms with Crippen LogP contribution in [-0.4, -0.2) is 29.9 Å². The van der Waals surface area contributed by atoms with E-state index in [0.717, 1.165) is 4.90 Å². The molecule has 4 rings (SSSR count). The molecular formula is C26H23N3O5. The molecule has 8 nitrogen and oxygen atoms in total. The maximum Gasteiger partial charge on any atom is 0.282 e. The monoisotopic (exact) mass is 457 g/mol. The highest BCUT2D eigenvalue weighted by atomic mass is 16.6. The minimum absolute atomic E-state index is 0.105. The third-order valence-corrected chi connectivity index (χ3v) is 5.37. The molecule has 1 heterocycles. The zero-order chi connectivity index (χ0) is 24.4. The molecule has 0 aromatic heterocycles. The zero-order valence-electron chi connectivity index (χ0n) is 19.0. The summed E-state index contributed by atoms with van der Waals surface area (Å²) < 4.78 is 5.86. The van der Waals surface area contributed by atoms with E-state index in [9.17, 15) is 19.7 Å². The van der Waals surface area contributed by atoms with Gasteiger partial charge in [0.05, 0.1) is 22.3 Å². The molecule has 8 heteroatoms. The first-order valence-corrected chi connectivity index (χ1v) is 10.7. The third-order valence-electron chi connectivity index (χ3n) is 5.37. The Balaban J connectivity index is 1.87. The lowest BCUT2D eigenvalue weighted by molar-refractivity contribution is -0.384. The van der Waals surface area contributed by atoms with Gasteiger partial charge in [-0.15, -0.1) is 0 Å². The molecule has 172 valence electrons. The van der Waals surface area contributed by atoms with Gasteiger partial charge in [0.15, 0.2) is 0 Å². The Morgan fingerprint density at radius 1 is 0.882 bits per heavy atom. The van der Waals surface area contributed by atoms with E-state index in [-0.39, 0.29) is 23.1 Å². The summed E-state index contributed by atoms with van der Waals surface area (Å²) in [6, 6.07) is 21.7. The highest BCUT2D eigenvalue weighted by molar-refractivity contribution is 6.46. The number of nitrogens with zero attached hydrogens (tertiary/aromatic N) is 3. The standard InChI is InChI=1S/C26H23N3O5/c1-17(2)34-22-12-8-7-11-21(22)28-25(30)23(18-13-15-20(16-14-18)29(32)33)24(26(28)31)27(3)19-9-5-4-6-10-19/h4-17H,1-3H3. The molecule has 0 aliphatic carbocycles. The van der Waals surface area contributed by atoms with Crippen molar-refractivity contribution in [3.8, 4) is 5.75 Å². The van der Waals surface area contributed by atoms with Gasteiger partial charge in [-0.2, -0.15) is 0 Å². The van der Waals surface area contributed by atoms with Crippen molar-refractivity contribution in [3.05, 3.63) is 100 Å². The number of benzene rings is 3. The van der Waals surface area contributed by atoms with Crippen LogP contribution in [0, 0.1) is 10.1 Å². The van der Waals surface area contributed by atoms with Crippen molar-refractivity contribution in [3.63, 3.8) is 0 Å². The van der Waals surface area contributed by atoms with Crippen molar-refractivity contribution >= 4 is 34.4 Å². The van der Waals surface area contributed by atoms with Crippen LogP contribution < -0.4 is 14.5 Å². The zero-order valence-corrected chi connectivity index (χ0v) is 19.0. The molecule has 0 bridgehead atoms. The van der Waals surface area contributed by atoms with E-state index in [1.54, 1.807) is 36.2 Å². The number of nitro groups is 1. The van der Waals surface area contributed by atoms with Gasteiger partial charge in [0.2, 0.25) is 0 Å². The average Bonchev–Trinajstić information content (AvgIpc) is 3.09. The number of hydrogen-bond acceptors (Lipinski definition) is 6. The molecule has 0 spiro atoms. The minimum Gasteiger partial charge on any atom is -0.489 e. The van der Waals surface area contributed by atoms with E-state index in [0.29, 0.717) is 22.7 Å². The van der Waals surface area contributed by atoms with E-state index < -0.39 is 16.7 Å². The molecule has 2 amide bonds. The Morgan fingerprint density at radius 3 is 2.12 bits per heavy atom. The number of amides is 2. The van der Waals surface area contributed by atoms with Crippen molar-refractivity contribution in [1.29, 1.82) is 0 Å². The van der Waals surface area contributed by atoms with Gasteiger partial charge in [-0.05, 0) is 55.8 Å². The smallest absolute Gasteiger partial charge is 0.282 e. The molecule has 34 heavy (non-hydrogen) atoms. The molecule has 0 N–H and O–H groups in total. The summed E-state index contributed by atoms with van der Waals surface area (Å²) in [5.74, 6) is -0.633. The summed E-state index contributed by atoms with van der Waals surface area (Å²) in [4.78, 5) is 40.9. The van der Waals surface area contributed by atoms with Crippen LogP contribution in [0.4, 0.5) is 17.1 Å². The van der Waals surface area contributed by atoms with Gasteiger partial charge in [-0.1, -0.05) is 30.3 Å². The summed E-state index contributed by atoms with van der Waals surface area (Å²) >= 11 is 0. The number of hydrogen-bond donors (Lipinski definition) is 0. The lowest BCUT2D eigenvalue weighted by atomic mass is 10.0. The quantitative estimate of drug-likeness (QED) is 0.287. The molecular weight excluding hydrogens is 434 g/mol. The minimum atomic E-state index is -0.531. The summed E-state index contributed by atoms with van der Waals surface area (Å²) in [6.07, 6.45) is -0.164. The SMILES string of the molecule is CC(C)Oc1ccccc1N1C(=O)C(c2ccc([N+](=O)[O-])cc2)=C(N(C)c2ccccc2)C1=O. The normalized spacial score (nSPS) is 13.6. The second-order valence-corrected chi connectivity index (χ2v) is 8.00. The number of nitro benzene ring substituents is 1. The molecule has 3 aromatic rings. The van der Waals surface area contributed by atoms with Crippen LogP contribution >= 0.6 is 0 Å². The maximum atomic E-state index is 13.8. The molecule has 1 aliphatic heterocycles. The predicted octanol–water partition coefficient (Wildman–Crippen LogP) is 4.80. The van der Waals surface area contributed by atoms with Gasteiger partial charge in [-0.25, -0.2) is 4.90 Å². The van der Waals surface area contributed by atoms with Crippen molar-refractivity contribution in [2.24, 2.45) is 0 Å². The molecule has 0 radical (unpaired) electrons. The van der Waals surface area contributed by atoms with E-state index in [2.05, 4.69) is 0 Å². The lowest BCUT2D eigenvalue weighted by Crippen LogP contribution is -2.34. The van der Waals surface area contributed by atoms with Crippen molar-refractivity contribution in [2.75, 3.05) is 16.8 Å². The first-order valence-electron chi connectivity index (χ1n) is 10.7. The first-order chi connectivity index (χ1) is 16.3. The summed E-state index contributed by atoms with van der Waals surface area (Å²) in [7, 11) is 1.71. The predicted molar refractivity (Wildman–Crippen MR) is 130 cm³/mol. The Kier molecular flexibility index (Phi) is 6.14. The van der Waals surface area contributed by atoms with E-state index in [4.69, 9.17) is 4.74 Å². The topological polar surface area (TPSA) is 93.0 Å². The molecule has 0 saturated carbocycles. The summed E-state index contributed by atoms with van der Waals surface area (Å²) in [5, 5.41) is 11.1. The van der Waals surface area contributed by atoms with Gasteiger partial charge in [0.1, 0.15) is 11.4 Å². The molecule has 0 saturated heterocycles. The van der Waals surface area contributed by atoms with Crippen LogP contribution in [0.25, 0.3) is 5.57 Å². The van der Waals surface area contributed by atoms with Gasteiger partial charge < -0.3 is 9.64 Å². The highest BCUT2D eigenvalue weighted by Gasteiger charge is 2.43. The fourth-order valence-corrected chi connectivity index (χ4v) is 3.83. The first kappa shape index (κ1) is 22.7. The lowest BCUT2D eigenvalue weighted by Gasteiger charge is -2.23. The van der Waals surface area contributed by atoms with Crippen LogP contribution in [0.3, 0.4) is 0 Å². The summed E-state index contributed by atoms with van der Waals surface area (Å²) in [5.41, 5.74) is 1.68. The Morgan fingerprint density at radius 2 is 1.50 bits per heavy atom. The average molecular weight is 457 g/mol. The molecule has 0 atom stereocenters. The number of carbonyl (C=O) groups is 2. The van der Waals surface area contributed by atoms with Crippen LogP contribution in [0.15, 0.2) is 84.6 Å². The highest BCUT2D eigenvalue weighted by Crippen LogP contribution is 2.39. The number of para-hydroxylation sites is 3. The fraction of sp³-hybridized carbons (Fsp3) is 0.154. The van der Waals surface area contributed by atoms with Crippen LogP contribution in [0.2, 0.25) is 0 Å². The van der Waals surface area contributed by atoms with Gasteiger partial charge in [-0.3, -0.25) is 19.7 Å². The maximum absolute atomic E-state index is 13.8.